The van der Waals surface area contributed by atoms with Gasteiger partial charge in [0.05, 0.1) is 14.2 Å². The first kappa shape index (κ1) is 15.2. The summed E-state index contributed by atoms with van der Waals surface area (Å²) in [4.78, 5) is 11.8. The zero-order chi connectivity index (χ0) is 14.5. The maximum Gasteiger partial charge on any atom is 0.223 e. The molecule has 110 valence electrons. The second-order valence-corrected chi connectivity index (χ2v) is 5.82. The minimum absolute atomic E-state index is 0.188. The maximum absolute atomic E-state index is 11.8. The van der Waals surface area contributed by atoms with Crippen LogP contribution in [-0.4, -0.2) is 26.7 Å². The van der Waals surface area contributed by atoms with E-state index in [1.807, 2.05) is 12.1 Å². The molecule has 0 spiro atoms. The van der Waals surface area contributed by atoms with Crippen molar-refractivity contribution in [1.29, 1.82) is 0 Å². The molecule has 2 rings (SSSR count). The molecule has 0 radical (unpaired) electrons. The van der Waals surface area contributed by atoms with E-state index in [0.29, 0.717) is 18.0 Å². The Labute approximate surface area is 128 Å². The molecule has 1 fully saturated rings. The molecule has 1 amide bonds. The number of halogens is 1. The summed E-state index contributed by atoms with van der Waals surface area (Å²) in [5.74, 6) is 1.83. The predicted octanol–water partition coefficient (Wildman–Crippen LogP) is 2.93. The molecule has 0 unspecified atom stereocenters. The monoisotopic (exact) mass is 341 g/mol. The summed E-state index contributed by atoms with van der Waals surface area (Å²) in [7, 11) is 3.23. The number of benzene rings is 1. The zero-order valence-electron chi connectivity index (χ0n) is 11.9. The van der Waals surface area contributed by atoms with E-state index < -0.39 is 0 Å². The van der Waals surface area contributed by atoms with Crippen molar-refractivity contribution in [3.63, 3.8) is 0 Å². The van der Waals surface area contributed by atoms with Gasteiger partial charge in [-0.05, 0) is 37.0 Å². The molecule has 0 bridgehead atoms. The number of carbonyl (C=O) groups is 1. The van der Waals surface area contributed by atoms with Gasteiger partial charge in [0.1, 0.15) is 0 Å². The van der Waals surface area contributed by atoms with Crippen LogP contribution in [0.5, 0.6) is 11.5 Å². The first-order valence-electron chi connectivity index (χ1n) is 6.83. The third-order valence-electron chi connectivity index (χ3n) is 3.72. The van der Waals surface area contributed by atoms with Gasteiger partial charge in [-0.15, -0.1) is 0 Å². The molecule has 0 heterocycles. The molecule has 0 saturated heterocycles. The Hall–Kier alpha value is -1.23. The SMILES string of the molecule is COc1cc(Br)c(CCNC(=O)C2CCC2)cc1OC. The van der Waals surface area contributed by atoms with E-state index in [4.69, 9.17) is 9.47 Å². The van der Waals surface area contributed by atoms with Gasteiger partial charge in [0.25, 0.3) is 0 Å². The highest BCUT2D eigenvalue weighted by molar-refractivity contribution is 9.10. The van der Waals surface area contributed by atoms with E-state index in [1.165, 1.54) is 6.42 Å². The Morgan fingerprint density at radius 1 is 1.30 bits per heavy atom. The number of carbonyl (C=O) groups excluding carboxylic acids is 1. The van der Waals surface area contributed by atoms with Gasteiger partial charge < -0.3 is 14.8 Å². The van der Waals surface area contributed by atoms with Crippen molar-refractivity contribution < 1.29 is 14.3 Å². The van der Waals surface area contributed by atoms with E-state index >= 15 is 0 Å². The van der Waals surface area contributed by atoms with Crippen LogP contribution in [0.15, 0.2) is 16.6 Å². The molecule has 1 aromatic carbocycles. The summed E-state index contributed by atoms with van der Waals surface area (Å²) in [6.45, 7) is 0.642. The van der Waals surface area contributed by atoms with E-state index in [9.17, 15) is 4.79 Å². The first-order chi connectivity index (χ1) is 9.65. The number of ether oxygens (including phenoxy) is 2. The summed E-state index contributed by atoms with van der Waals surface area (Å²) in [6, 6.07) is 3.83. The van der Waals surface area contributed by atoms with Crippen LogP contribution in [0.2, 0.25) is 0 Å². The van der Waals surface area contributed by atoms with E-state index in [0.717, 1.165) is 29.3 Å². The fourth-order valence-corrected chi connectivity index (χ4v) is 2.74. The molecule has 5 heteroatoms. The minimum Gasteiger partial charge on any atom is -0.493 e. The van der Waals surface area contributed by atoms with E-state index in [-0.39, 0.29) is 11.8 Å². The third kappa shape index (κ3) is 3.45. The number of amides is 1. The molecule has 1 saturated carbocycles. The van der Waals surface area contributed by atoms with Crippen molar-refractivity contribution in [3.8, 4) is 11.5 Å². The van der Waals surface area contributed by atoms with E-state index in [1.54, 1.807) is 14.2 Å². The van der Waals surface area contributed by atoms with Crippen LogP contribution in [0.25, 0.3) is 0 Å². The second kappa shape index (κ2) is 6.97. The molecule has 0 atom stereocenters. The average Bonchev–Trinajstić information content (AvgIpc) is 2.38. The van der Waals surface area contributed by atoms with Crippen LogP contribution in [-0.2, 0) is 11.2 Å². The predicted molar refractivity (Wildman–Crippen MR) is 81.3 cm³/mol. The smallest absolute Gasteiger partial charge is 0.223 e. The highest BCUT2D eigenvalue weighted by atomic mass is 79.9. The number of hydrogen-bond acceptors (Lipinski definition) is 3. The lowest BCUT2D eigenvalue weighted by Gasteiger charge is -2.24. The van der Waals surface area contributed by atoms with Crippen molar-refractivity contribution in [2.24, 2.45) is 5.92 Å². The van der Waals surface area contributed by atoms with Crippen molar-refractivity contribution in [2.45, 2.75) is 25.7 Å². The normalized spacial score (nSPS) is 14.6. The fraction of sp³-hybridized carbons (Fsp3) is 0.533. The van der Waals surface area contributed by atoms with Gasteiger partial charge >= 0.3 is 0 Å². The quantitative estimate of drug-likeness (QED) is 0.865. The Bertz CT molecular complexity index is 486. The van der Waals surface area contributed by atoms with Gasteiger partial charge in [0.2, 0.25) is 5.91 Å². The number of rotatable bonds is 6. The lowest BCUT2D eigenvalue weighted by molar-refractivity contribution is -0.127. The Balaban J connectivity index is 1.93. The zero-order valence-corrected chi connectivity index (χ0v) is 13.5. The van der Waals surface area contributed by atoms with Gasteiger partial charge in [0.15, 0.2) is 11.5 Å². The lowest BCUT2D eigenvalue weighted by Crippen LogP contribution is -2.35. The number of nitrogens with one attached hydrogen (secondary N) is 1. The topological polar surface area (TPSA) is 47.6 Å². The van der Waals surface area contributed by atoms with Crippen LogP contribution in [0, 0.1) is 5.92 Å². The van der Waals surface area contributed by atoms with Crippen LogP contribution >= 0.6 is 15.9 Å². The average molecular weight is 342 g/mol. The molecule has 1 aliphatic rings. The van der Waals surface area contributed by atoms with Crippen molar-refractivity contribution in [3.05, 3.63) is 22.2 Å². The van der Waals surface area contributed by atoms with Crippen molar-refractivity contribution in [1.82, 2.24) is 5.32 Å². The van der Waals surface area contributed by atoms with Gasteiger partial charge in [-0.3, -0.25) is 4.79 Å². The maximum atomic E-state index is 11.8. The standard InChI is InChI=1S/C15H20BrNO3/c1-19-13-8-11(12(16)9-14(13)20-2)6-7-17-15(18)10-4-3-5-10/h8-10H,3-7H2,1-2H3,(H,17,18). The van der Waals surface area contributed by atoms with Crippen molar-refractivity contribution >= 4 is 21.8 Å². The van der Waals surface area contributed by atoms with Gasteiger partial charge in [-0.25, -0.2) is 0 Å². The number of methoxy groups -OCH3 is 2. The van der Waals surface area contributed by atoms with Crippen LogP contribution in [0.4, 0.5) is 0 Å². The molecular formula is C15H20BrNO3. The van der Waals surface area contributed by atoms with Crippen LogP contribution in [0.1, 0.15) is 24.8 Å². The van der Waals surface area contributed by atoms with Crippen LogP contribution in [0.3, 0.4) is 0 Å². The minimum atomic E-state index is 0.188. The fourth-order valence-electron chi connectivity index (χ4n) is 2.22. The van der Waals surface area contributed by atoms with Crippen LogP contribution < -0.4 is 14.8 Å². The molecule has 4 nitrogen and oxygen atoms in total. The Kier molecular flexibility index (Phi) is 5.29. The summed E-state index contributed by atoms with van der Waals surface area (Å²) in [5, 5.41) is 2.99. The summed E-state index contributed by atoms with van der Waals surface area (Å²) in [5.41, 5.74) is 1.09. The first-order valence-corrected chi connectivity index (χ1v) is 7.63. The van der Waals surface area contributed by atoms with Gasteiger partial charge in [0, 0.05) is 16.9 Å². The van der Waals surface area contributed by atoms with Crippen molar-refractivity contribution in [2.75, 3.05) is 20.8 Å². The largest absolute Gasteiger partial charge is 0.493 e. The number of hydrogen-bond donors (Lipinski definition) is 1. The molecular weight excluding hydrogens is 322 g/mol. The molecule has 1 aromatic rings. The Morgan fingerprint density at radius 3 is 2.50 bits per heavy atom. The van der Waals surface area contributed by atoms with E-state index in [2.05, 4.69) is 21.2 Å². The summed E-state index contributed by atoms with van der Waals surface area (Å²) >= 11 is 3.52. The van der Waals surface area contributed by atoms with Gasteiger partial charge in [-0.2, -0.15) is 0 Å². The molecule has 1 N–H and O–H groups in total. The highest BCUT2D eigenvalue weighted by Crippen LogP contribution is 2.33. The molecule has 20 heavy (non-hydrogen) atoms. The molecule has 0 aromatic heterocycles. The molecule has 0 aliphatic heterocycles. The highest BCUT2D eigenvalue weighted by Gasteiger charge is 2.24. The summed E-state index contributed by atoms with van der Waals surface area (Å²) in [6.07, 6.45) is 4.01. The summed E-state index contributed by atoms with van der Waals surface area (Å²) < 4.78 is 11.5. The lowest BCUT2D eigenvalue weighted by atomic mass is 9.85. The van der Waals surface area contributed by atoms with Gasteiger partial charge in [-0.1, -0.05) is 22.4 Å². The third-order valence-corrected chi connectivity index (χ3v) is 4.46. The second-order valence-electron chi connectivity index (χ2n) is 4.97. The Morgan fingerprint density at radius 2 is 1.95 bits per heavy atom. The molecule has 1 aliphatic carbocycles.